The molecule has 5 nitrogen and oxygen atoms in total. The van der Waals surface area contributed by atoms with E-state index in [1.807, 2.05) is 0 Å². The molecule has 0 bridgehead atoms. The number of ether oxygens (including phenoxy) is 1. The minimum absolute atomic E-state index is 0.0542. The second kappa shape index (κ2) is 6.17. The van der Waals surface area contributed by atoms with Crippen molar-refractivity contribution in [3.63, 3.8) is 0 Å². The highest BCUT2D eigenvalue weighted by molar-refractivity contribution is 5.95. The van der Waals surface area contributed by atoms with Gasteiger partial charge in [-0.15, -0.1) is 0 Å². The second-order valence-corrected chi connectivity index (χ2v) is 5.39. The summed E-state index contributed by atoms with van der Waals surface area (Å²) in [5, 5.41) is 6.72. The number of hydrogen-bond donors (Lipinski definition) is 1. The fourth-order valence-electron chi connectivity index (χ4n) is 2.92. The van der Waals surface area contributed by atoms with Crippen LogP contribution in [0.1, 0.15) is 41.2 Å². The highest BCUT2D eigenvalue weighted by atomic mass is 19.1. The summed E-state index contributed by atoms with van der Waals surface area (Å²) >= 11 is 0. The summed E-state index contributed by atoms with van der Waals surface area (Å²) in [5.41, 5.74) is 1.04. The van der Waals surface area contributed by atoms with Crippen LogP contribution in [0.25, 0.3) is 0 Å². The fraction of sp³-hybridized carbons (Fsp3) is 0.375. The van der Waals surface area contributed by atoms with Crippen LogP contribution in [0.4, 0.5) is 4.39 Å². The first-order chi connectivity index (χ1) is 10.7. The van der Waals surface area contributed by atoms with Gasteiger partial charge in [-0.05, 0) is 31.4 Å². The third kappa shape index (κ3) is 2.68. The van der Waals surface area contributed by atoms with Crippen molar-refractivity contribution in [2.24, 2.45) is 0 Å². The van der Waals surface area contributed by atoms with Gasteiger partial charge in [0.2, 0.25) is 0 Å². The van der Waals surface area contributed by atoms with Gasteiger partial charge in [-0.1, -0.05) is 0 Å². The van der Waals surface area contributed by atoms with Crippen LogP contribution in [0.2, 0.25) is 0 Å². The van der Waals surface area contributed by atoms with Gasteiger partial charge >= 0.3 is 0 Å². The van der Waals surface area contributed by atoms with Crippen molar-refractivity contribution in [3.05, 3.63) is 47.5 Å². The number of nitrogens with zero attached hydrogens (tertiary/aromatic N) is 2. The number of amides is 1. The van der Waals surface area contributed by atoms with Gasteiger partial charge in [0.1, 0.15) is 11.6 Å². The monoisotopic (exact) mass is 303 g/mol. The van der Waals surface area contributed by atoms with E-state index in [2.05, 4.69) is 10.2 Å². The zero-order chi connectivity index (χ0) is 15.5. The molecular formula is C16H18FN3O2. The molecule has 1 amide bonds. The van der Waals surface area contributed by atoms with E-state index in [-0.39, 0.29) is 17.5 Å². The number of carbonyl (C=O) groups excluding carboxylic acids is 1. The third-order valence-electron chi connectivity index (χ3n) is 4.07. The van der Waals surface area contributed by atoms with Crippen LogP contribution in [-0.4, -0.2) is 34.7 Å². The smallest absolute Gasteiger partial charge is 0.257 e. The Balaban J connectivity index is 1.89. The normalized spacial score (nSPS) is 18.3. The molecule has 0 radical (unpaired) electrons. The van der Waals surface area contributed by atoms with Gasteiger partial charge in [0.25, 0.3) is 5.91 Å². The lowest BCUT2D eigenvalue weighted by atomic mass is 9.96. The van der Waals surface area contributed by atoms with Crippen molar-refractivity contribution in [1.29, 1.82) is 0 Å². The molecule has 2 heterocycles. The molecule has 1 aliphatic heterocycles. The van der Waals surface area contributed by atoms with Gasteiger partial charge < -0.3 is 9.64 Å². The topological polar surface area (TPSA) is 58.2 Å². The fourth-order valence-corrected chi connectivity index (χ4v) is 2.92. The average Bonchev–Trinajstić information content (AvgIpc) is 3.08. The Hall–Kier alpha value is -2.37. The number of H-pyrrole nitrogens is 1. The van der Waals surface area contributed by atoms with E-state index in [0.717, 1.165) is 24.8 Å². The molecule has 1 aliphatic rings. The van der Waals surface area contributed by atoms with Crippen LogP contribution in [0, 0.1) is 5.82 Å². The molecule has 0 spiro atoms. The molecule has 1 saturated heterocycles. The zero-order valence-corrected chi connectivity index (χ0v) is 12.4. The first kappa shape index (κ1) is 14.6. The minimum Gasteiger partial charge on any atom is -0.497 e. The molecule has 0 aliphatic carbocycles. The van der Waals surface area contributed by atoms with Gasteiger partial charge in [0.15, 0.2) is 0 Å². The average molecular weight is 303 g/mol. The number of benzene rings is 1. The Morgan fingerprint density at radius 3 is 3.00 bits per heavy atom. The molecule has 22 heavy (non-hydrogen) atoms. The maximum absolute atomic E-state index is 14.2. The molecule has 1 aromatic heterocycles. The van der Waals surface area contributed by atoms with Gasteiger partial charge in [0.05, 0.1) is 24.9 Å². The standard InChI is InChI=1S/C16H18FN3O2/c1-22-12-5-6-13(14(17)8-12)16(21)20-7-3-2-4-15(20)11-9-18-19-10-11/h5-6,8-10,15H,2-4,7H2,1H3,(H,18,19). The van der Waals surface area contributed by atoms with Crippen molar-refractivity contribution in [2.75, 3.05) is 13.7 Å². The summed E-state index contributed by atoms with van der Waals surface area (Å²) in [4.78, 5) is 14.5. The van der Waals surface area contributed by atoms with Gasteiger partial charge in [0, 0.05) is 24.4 Å². The molecule has 1 unspecified atom stereocenters. The van der Waals surface area contributed by atoms with E-state index in [9.17, 15) is 9.18 Å². The summed E-state index contributed by atoms with van der Waals surface area (Å²) in [6, 6.07) is 4.27. The maximum atomic E-state index is 14.2. The molecule has 3 rings (SSSR count). The van der Waals surface area contributed by atoms with Crippen LogP contribution in [0.5, 0.6) is 5.75 Å². The predicted molar refractivity (Wildman–Crippen MR) is 79.2 cm³/mol. The van der Waals surface area contributed by atoms with E-state index < -0.39 is 5.82 Å². The number of methoxy groups -OCH3 is 1. The van der Waals surface area contributed by atoms with Gasteiger partial charge in [-0.2, -0.15) is 5.10 Å². The number of aromatic amines is 1. The van der Waals surface area contributed by atoms with Crippen LogP contribution in [0.15, 0.2) is 30.6 Å². The molecule has 2 aromatic rings. The Morgan fingerprint density at radius 2 is 2.32 bits per heavy atom. The van der Waals surface area contributed by atoms with E-state index in [0.29, 0.717) is 12.3 Å². The zero-order valence-electron chi connectivity index (χ0n) is 12.4. The summed E-state index contributed by atoms with van der Waals surface area (Å²) in [5.74, 6) is -0.439. The third-order valence-corrected chi connectivity index (χ3v) is 4.07. The molecular weight excluding hydrogens is 285 g/mol. The number of nitrogens with one attached hydrogen (secondary N) is 1. The van der Waals surface area contributed by atoms with Crippen molar-refractivity contribution < 1.29 is 13.9 Å². The number of likely N-dealkylation sites (tertiary alicyclic amines) is 1. The van der Waals surface area contributed by atoms with Crippen molar-refractivity contribution in [1.82, 2.24) is 15.1 Å². The SMILES string of the molecule is COc1ccc(C(=O)N2CCCCC2c2cn[nH]c2)c(F)c1. The van der Waals surface area contributed by atoms with E-state index in [1.54, 1.807) is 23.4 Å². The van der Waals surface area contributed by atoms with E-state index in [1.165, 1.54) is 19.2 Å². The number of halogens is 1. The molecule has 116 valence electrons. The lowest BCUT2D eigenvalue weighted by molar-refractivity contribution is 0.0607. The first-order valence-electron chi connectivity index (χ1n) is 7.34. The van der Waals surface area contributed by atoms with Gasteiger partial charge in [-0.25, -0.2) is 4.39 Å². The molecule has 1 fully saturated rings. The molecule has 1 N–H and O–H groups in total. The summed E-state index contributed by atoms with van der Waals surface area (Å²) < 4.78 is 19.1. The van der Waals surface area contributed by atoms with Crippen LogP contribution < -0.4 is 4.74 Å². The van der Waals surface area contributed by atoms with Crippen molar-refractivity contribution in [2.45, 2.75) is 25.3 Å². The van der Waals surface area contributed by atoms with Crippen molar-refractivity contribution in [3.8, 4) is 5.75 Å². The Morgan fingerprint density at radius 1 is 1.45 bits per heavy atom. The Bertz CT molecular complexity index is 657. The Labute approximate surface area is 128 Å². The lowest BCUT2D eigenvalue weighted by Crippen LogP contribution is -2.38. The maximum Gasteiger partial charge on any atom is 0.257 e. The van der Waals surface area contributed by atoms with Crippen molar-refractivity contribution >= 4 is 5.91 Å². The summed E-state index contributed by atoms with van der Waals surface area (Å²) in [7, 11) is 1.47. The van der Waals surface area contributed by atoms with Crippen LogP contribution >= 0.6 is 0 Å². The number of piperidine rings is 1. The largest absolute Gasteiger partial charge is 0.497 e. The molecule has 0 saturated carbocycles. The quantitative estimate of drug-likeness (QED) is 0.948. The lowest BCUT2D eigenvalue weighted by Gasteiger charge is -2.35. The number of rotatable bonds is 3. The van der Waals surface area contributed by atoms with Gasteiger partial charge in [-0.3, -0.25) is 9.89 Å². The first-order valence-corrected chi connectivity index (χ1v) is 7.34. The summed E-state index contributed by atoms with van der Waals surface area (Å²) in [6.45, 7) is 0.625. The Kier molecular flexibility index (Phi) is 4.09. The summed E-state index contributed by atoms with van der Waals surface area (Å²) in [6.07, 6.45) is 6.35. The highest BCUT2D eigenvalue weighted by Gasteiger charge is 2.30. The predicted octanol–water partition coefficient (Wildman–Crippen LogP) is 2.92. The number of aromatic nitrogens is 2. The molecule has 6 heteroatoms. The van der Waals surface area contributed by atoms with E-state index >= 15 is 0 Å². The molecule has 1 aromatic carbocycles. The number of carbonyl (C=O) groups is 1. The van der Waals surface area contributed by atoms with Crippen LogP contribution in [-0.2, 0) is 0 Å². The van der Waals surface area contributed by atoms with Crippen LogP contribution in [0.3, 0.4) is 0 Å². The highest BCUT2D eigenvalue weighted by Crippen LogP contribution is 2.32. The number of hydrogen-bond acceptors (Lipinski definition) is 3. The van der Waals surface area contributed by atoms with E-state index in [4.69, 9.17) is 4.74 Å². The second-order valence-electron chi connectivity index (χ2n) is 5.39. The minimum atomic E-state index is -0.555. The molecule has 1 atom stereocenters.